The molecule has 0 bridgehead atoms. The standard InChI is InChI=1S/C29H37N5O3/c35-27(23-9-13-30-17-25(23)22-7-2-1-3-8-22)32-15-11-29(37,12-16-32)19-34-20-31-26-24(28(34)36)10-14-33(26)18-21-5-4-6-21/h1-3,7-8,10,14,20-21,23,25,30,37H,4-6,9,11-13,15-19H2/t23-,25+/m1/s1. The summed E-state index contributed by atoms with van der Waals surface area (Å²) in [5.41, 5.74) is 0.794. The zero-order valence-electron chi connectivity index (χ0n) is 21.4. The van der Waals surface area contributed by atoms with Crippen molar-refractivity contribution in [3.05, 3.63) is 64.8 Å². The first-order valence-electron chi connectivity index (χ1n) is 13.8. The van der Waals surface area contributed by atoms with Crippen LogP contribution in [0.2, 0.25) is 0 Å². The number of hydrogen-bond acceptors (Lipinski definition) is 5. The zero-order chi connectivity index (χ0) is 25.4. The number of amides is 1. The summed E-state index contributed by atoms with van der Waals surface area (Å²) in [6.07, 6.45) is 9.04. The third kappa shape index (κ3) is 4.84. The molecular formula is C29H37N5O3. The van der Waals surface area contributed by atoms with Crippen molar-refractivity contribution in [1.82, 2.24) is 24.3 Å². The van der Waals surface area contributed by atoms with E-state index in [1.54, 1.807) is 10.9 Å². The van der Waals surface area contributed by atoms with Crippen LogP contribution in [0.25, 0.3) is 11.0 Å². The van der Waals surface area contributed by atoms with E-state index >= 15 is 0 Å². The summed E-state index contributed by atoms with van der Waals surface area (Å²) in [5, 5.41) is 15.4. The van der Waals surface area contributed by atoms with Gasteiger partial charge in [0.25, 0.3) is 5.56 Å². The van der Waals surface area contributed by atoms with E-state index < -0.39 is 5.60 Å². The van der Waals surface area contributed by atoms with Crippen molar-refractivity contribution in [2.75, 3.05) is 26.2 Å². The maximum absolute atomic E-state index is 13.6. The molecule has 2 N–H and O–H groups in total. The SMILES string of the molecule is O=C([C@@H]1CCNC[C@H]1c1ccccc1)N1CCC(O)(Cn2cnc3c(ccn3CC3CCC3)c2=O)CC1. The van der Waals surface area contributed by atoms with Gasteiger partial charge in [0.15, 0.2) is 0 Å². The van der Waals surface area contributed by atoms with Gasteiger partial charge in [-0.15, -0.1) is 0 Å². The maximum atomic E-state index is 13.6. The second kappa shape index (κ2) is 10.1. The largest absolute Gasteiger partial charge is 0.388 e. The van der Waals surface area contributed by atoms with E-state index in [-0.39, 0.29) is 29.8 Å². The zero-order valence-corrected chi connectivity index (χ0v) is 21.4. The lowest BCUT2D eigenvalue weighted by Crippen LogP contribution is -2.52. The number of benzene rings is 1. The molecule has 37 heavy (non-hydrogen) atoms. The lowest BCUT2D eigenvalue weighted by atomic mass is 9.80. The first-order valence-corrected chi connectivity index (χ1v) is 13.8. The van der Waals surface area contributed by atoms with E-state index in [2.05, 4.69) is 27.0 Å². The van der Waals surface area contributed by atoms with E-state index in [0.717, 1.165) is 31.7 Å². The molecule has 0 radical (unpaired) electrons. The van der Waals surface area contributed by atoms with Crippen LogP contribution in [0.3, 0.4) is 0 Å². The molecule has 6 rings (SSSR count). The van der Waals surface area contributed by atoms with Crippen LogP contribution in [0.5, 0.6) is 0 Å². The number of carbonyl (C=O) groups is 1. The fourth-order valence-corrected chi connectivity index (χ4v) is 6.38. The van der Waals surface area contributed by atoms with E-state index in [0.29, 0.717) is 37.2 Å². The molecule has 1 aromatic carbocycles. The molecule has 8 heteroatoms. The number of hydrogen-bond donors (Lipinski definition) is 2. The number of aliphatic hydroxyl groups is 1. The predicted octanol–water partition coefficient (Wildman–Crippen LogP) is 2.74. The van der Waals surface area contributed by atoms with Gasteiger partial charge in [-0.25, -0.2) is 4.98 Å². The third-order valence-electron chi connectivity index (χ3n) is 8.92. The predicted molar refractivity (Wildman–Crippen MR) is 142 cm³/mol. The summed E-state index contributed by atoms with van der Waals surface area (Å²) >= 11 is 0. The van der Waals surface area contributed by atoms with Crippen LogP contribution in [0.15, 0.2) is 53.7 Å². The molecule has 1 aliphatic carbocycles. The molecule has 196 valence electrons. The van der Waals surface area contributed by atoms with Crippen molar-refractivity contribution in [1.29, 1.82) is 0 Å². The molecule has 3 fully saturated rings. The van der Waals surface area contributed by atoms with Gasteiger partial charge in [0.05, 0.1) is 17.5 Å². The van der Waals surface area contributed by atoms with Gasteiger partial charge < -0.3 is 19.9 Å². The fraction of sp³-hybridized carbons (Fsp3) is 0.552. The van der Waals surface area contributed by atoms with Gasteiger partial charge in [0.1, 0.15) is 12.0 Å². The highest BCUT2D eigenvalue weighted by molar-refractivity contribution is 5.80. The quantitative estimate of drug-likeness (QED) is 0.540. The van der Waals surface area contributed by atoms with Crippen LogP contribution in [-0.4, -0.2) is 61.8 Å². The molecule has 8 nitrogen and oxygen atoms in total. The van der Waals surface area contributed by atoms with Gasteiger partial charge in [-0.2, -0.15) is 0 Å². The first kappa shape index (κ1) is 24.4. The Balaban J connectivity index is 1.11. The number of piperidine rings is 2. The fourth-order valence-electron chi connectivity index (χ4n) is 6.38. The molecule has 3 aromatic rings. The van der Waals surface area contributed by atoms with Gasteiger partial charge >= 0.3 is 0 Å². The first-order chi connectivity index (χ1) is 18.0. The molecule has 1 amide bonds. The van der Waals surface area contributed by atoms with Crippen LogP contribution in [-0.2, 0) is 17.9 Å². The van der Waals surface area contributed by atoms with Crippen LogP contribution < -0.4 is 10.9 Å². The highest BCUT2D eigenvalue weighted by Gasteiger charge is 2.39. The average molecular weight is 504 g/mol. The summed E-state index contributed by atoms with van der Waals surface area (Å²) in [6.45, 7) is 3.77. The number of rotatable bonds is 6. The van der Waals surface area contributed by atoms with Crippen molar-refractivity contribution < 1.29 is 9.90 Å². The normalized spacial score (nSPS) is 24.2. The van der Waals surface area contributed by atoms with Gasteiger partial charge in [-0.3, -0.25) is 14.2 Å². The van der Waals surface area contributed by atoms with Gasteiger partial charge in [0.2, 0.25) is 5.91 Å². The molecule has 1 saturated carbocycles. The highest BCUT2D eigenvalue weighted by Crippen LogP contribution is 2.33. The average Bonchev–Trinajstić information content (AvgIpc) is 3.32. The minimum Gasteiger partial charge on any atom is -0.388 e. The minimum absolute atomic E-state index is 0.0481. The lowest BCUT2D eigenvalue weighted by molar-refractivity contribution is -0.141. The molecule has 0 spiro atoms. The Morgan fingerprint density at radius 1 is 1.08 bits per heavy atom. The number of nitrogens with one attached hydrogen (secondary N) is 1. The smallest absolute Gasteiger partial charge is 0.262 e. The third-order valence-corrected chi connectivity index (χ3v) is 8.92. The van der Waals surface area contributed by atoms with Crippen molar-refractivity contribution in [2.45, 2.75) is 63.1 Å². The molecule has 2 aromatic heterocycles. The monoisotopic (exact) mass is 503 g/mol. The van der Waals surface area contributed by atoms with Crippen LogP contribution in [0.1, 0.15) is 50.0 Å². The number of likely N-dealkylation sites (tertiary alicyclic amines) is 1. The molecule has 0 unspecified atom stereocenters. The molecule has 2 aliphatic heterocycles. The molecule has 2 atom stereocenters. The van der Waals surface area contributed by atoms with Crippen molar-refractivity contribution in [3.8, 4) is 0 Å². The van der Waals surface area contributed by atoms with E-state index in [4.69, 9.17) is 0 Å². The number of aromatic nitrogens is 3. The van der Waals surface area contributed by atoms with Crippen molar-refractivity contribution in [3.63, 3.8) is 0 Å². The molecule has 3 aliphatic rings. The van der Waals surface area contributed by atoms with Gasteiger partial charge in [-0.05, 0) is 56.2 Å². The summed E-state index contributed by atoms with van der Waals surface area (Å²) in [6, 6.07) is 12.1. The van der Waals surface area contributed by atoms with Crippen molar-refractivity contribution >= 4 is 16.9 Å². The van der Waals surface area contributed by atoms with E-state index in [9.17, 15) is 14.7 Å². The number of fused-ring (bicyclic) bond motifs is 1. The van der Waals surface area contributed by atoms with Crippen LogP contribution in [0.4, 0.5) is 0 Å². The second-order valence-electron chi connectivity index (χ2n) is 11.3. The maximum Gasteiger partial charge on any atom is 0.262 e. The van der Waals surface area contributed by atoms with Gasteiger partial charge in [0, 0.05) is 44.2 Å². The van der Waals surface area contributed by atoms with E-state index in [1.165, 1.54) is 24.8 Å². The summed E-state index contributed by atoms with van der Waals surface area (Å²) < 4.78 is 3.64. The van der Waals surface area contributed by atoms with Crippen LogP contribution >= 0.6 is 0 Å². The highest BCUT2D eigenvalue weighted by atomic mass is 16.3. The Hall–Kier alpha value is -2.97. The summed E-state index contributed by atoms with van der Waals surface area (Å²) in [4.78, 5) is 33.3. The van der Waals surface area contributed by atoms with E-state index in [1.807, 2.05) is 35.4 Å². The Bertz CT molecular complexity index is 1300. The summed E-state index contributed by atoms with van der Waals surface area (Å²) in [5.74, 6) is 0.982. The van der Waals surface area contributed by atoms with Gasteiger partial charge in [-0.1, -0.05) is 36.8 Å². The molecule has 2 saturated heterocycles. The van der Waals surface area contributed by atoms with Crippen molar-refractivity contribution in [2.24, 2.45) is 11.8 Å². The Morgan fingerprint density at radius 3 is 2.59 bits per heavy atom. The Labute approximate surface area is 217 Å². The second-order valence-corrected chi connectivity index (χ2v) is 11.3. The van der Waals surface area contributed by atoms with Crippen LogP contribution in [0, 0.1) is 11.8 Å². The molecular weight excluding hydrogens is 466 g/mol. The minimum atomic E-state index is -1.03. The lowest BCUT2D eigenvalue weighted by Gasteiger charge is -2.41. The Kier molecular flexibility index (Phi) is 6.63. The number of carbonyl (C=O) groups excluding carboxylic acids is 1. The topological polar surface area (TPSA) is 92.4 Å². The molecule has 4 heterocycles. The number of nitrogens with zero attached hydrogens (tertiary/aromatic N) is 4. The summed E-state index contributed by atoms with van der Waals surface area (Å²) in [7, 11) is 0. The Morgan fingerprint density at radius 2 is 1.86 bits per heavy atom.